The first-order valence-electron chi connectivity index (χ1n) is 2.76. The summed E-state index contributed by atoms with van der Waals surface area (Å²) >= 11 is 0. The standard InChI is InChI=1S/C3H6F4N2O2S2/c1-3(2,8-12(4,5)10)9-13(6,7)11/h1-2H3. The van der Waals surface area contributed by atoms with Gasteiger partial charge in [0.25, 0.3) is 0 Å². The molecule has 0 saturated carbocycles. The van der Waals surface area contributed by atoms with Gasteiger partial charge in [0.15, 0.2) is 5.66 Å². The SMILES string of the molecule is CC(C)(N=S(=O)(F)F)N=S(=O)(F)F. The van der Waals surface area contributed by atoms with E-state index in [1.165, 1.54) is 0 Å². The van der Waals surface area contributed by atoms with E-state index in [4.69, 9.17) is 0 Å². The maximum atomic E-state index is 11.8. The lowest BCUT2D eigenvalue weighted by molar-refractivity contribution is 0.509. The molecule has 0 aliphatic carbocycles. The maximum absolute atomic E-state index is 11.8. The highest BCUT2D eigenvalue weighted by Gasteiger charge is 2.23. The first-order valence-corrected chi connectivity index (χ1v) is 5.39. The molecule has 0 aromatic heterocycles. The maximum Gasteiger partial charge on any atom is 0.369 e. The van der Waals surface area contributed by atoms with E-state index in [1.807, 2.05) is 0 Å². The Kier molecular flexibility index (Phi) is 3.31. The molecule has 0 N–H and O–H groups in total. The highest BCUT2D eigenvalue weighted by Crippen LogP contribution is 2.19. The van der Waals surface area contributed by atoms with Gasteiger partial charge in [-0.25, -0.2) is 0 Å². The average Bonchev–Trinajstić information content (AvgIpc) is 1.43. The van der Waals surface area contributed by atoms with Crippen LogP contribution in [0.15, 0.2) is 8.73 Å². The summed E-state index contributed by atoms with van der Waals surface area (Å²) in [6, 6.07) is 0. The summed E-state index contributed by atoms with van der Waals surface area (Å²) in [5, 5.41) is 0. The molecule has 80 valence electrons. The van der Waals surface area contributed by atoms with Gasteiger partial charge in [0.05, 0.1) is 0 Å². The van der Waals surface area contributed by atoms with Crippen LogP contribution in [0.5, 0.6) is 0 Å². The molecule has 0 bridgehead atoms. The zero-order valence-electron chi connectivity index (χ0n) is 6.54. The van der Waals surface area contributed by atoms with Gasteiger partial charge in [-0.05, 0) is 13.8 Å². The molecule has 0 radical (unpaired) electrons. The molecule has 0 aliphatic heterocycles. The van der Waals surface area contributed by atoms with Gasteiger partial charge >= 0.3 is 21.0 Å². The van der Waals surface area contributed by atoms with E-state index in [-0.39, 0.29) is 0 Å². The Bertz CT molecular complexity index is 361. The summed E-state index contributed by atoms with van der Waals surface area (Å²) in [6.45, 7) is 1.48. The van der Waals surface area contributed by atoms with Crippen LogP contribution in [-0.4, -0.2) is 14.1 Å². The molecule has 0 aromatic rings. The zero-order chi connectivity index (χ0) is 10.9. The first-order chi connectivity index (χ1) is 5.41. The molecule has 0 aliphatic rings. The monoisotopic (exact) mass is 242 g/mol. The van der Waals surface area contributed by atoms with Crippen molar-refractivity contribution in [2.45, 2.75) is 19.5 Å². The van der Waals surface area contributed by atoms with Crippen LogP contribution in [0, 0.1) is 0 Å². The number of hydrogen-bond acceptors (Lipinski definition) is 4. The summed E-state index contributed by atoms with van der Waals surface area (Å²) in [7, 11) is -11.1. The summed E-state index contributed by atoms with van der Waals surface area (Å²) in [5.74, 6) is 0. The predicted octanol–water partition coefficient (Wildman–Crippen LogP) is 2.20. The molecule has 0 aromatic carbocycles. The average molecular weight is 242 g/mol. The Morgan fingerprint density at radius 2 is 1.15 bits per heavy atom. The number of nitrogens with zero attached hydrogens (tertiary/aromatic N) is 2. The number of rotatable bonds is 2. The van der Waals surface area contributed by atoms with Crippen molar-refractivity contribution in [2.24, 2.45) is 8.73 Å². The van der Waals surface area contributed by atoms with E-state index in [2.05, 4.69) is 8.73 Å². The molecule has 0 unspecified atom stereocenters. The van der Waals surface area contributed by atoms with Crippen molar-refractivity contribution in [3.63, 3.8) is 0 Å². The second kappa shape index (κ2) is 3.40. The first kappa shape index (κ1) is 12.6. The third-order valence-electron chi connectivity index (χ3n) is 0.659. The smallest absolute Gasteiger partial charge is 0.180 e. The van der Waals surface area contributed by atoms with Gasteiger partial charge in [-0.2, -0.15) is 17.1 Å². The molecule has 0 rings (SSSR count). The van der Waals surface area contributed by atoms with E-state index in [0.29, 0.717) is 0 Å². The second-order valence-electron chi connectivity index (χ2n) is 2.47. The molecule has 0 fully saturated rings. The molecule has 4 nitrogen and oxygen atoms in total. The van der Waals surface area contributed by atoms with Gasteiger partial charge in [0.2, 0.25) is 0 Å². The van der Waals surface area contributed by atoms with E-state index in [0.717, 1.165) is 13.8 Å². The summed E-state index contributed by atoms with van der Waals surface area (Å²) < 4.78 is 71.0. The van der Waals surface area contributed by atoms with Crippen LogP contribution < -0.4 is 0 Å². The van der Waals surface area contributed by atoms with E-state index in [1.54, 1.807) is 0 Å². The van der Waals surface area contributed by atoms with Crippen LogP contribution in [0.4, 0.5) is 15.5 Å². The van der Waals surface area contributed by atoms with Gasteiger partial charge in [-0.1, -0.05) is 15.5 Å². The van der Waals surface area contributed by atoms with Crippen molar-refractivity contribution in [2.75, 3.05) is 0 Å². The fourth-order valence-electron chi connectivity index (χ4n) is 0.537. The molecular weight excluding hydrogens is 236 g/mol. The minimum absolute atomic E-state index is 0.741. The molecule has 10 heteroatoms. The molecule has 0 heterocycles. The van der Waals surface area contributed by atoms with Crippen LogP contribution >= 0.6 is 0 Å². The minimum atomic E-state index is -5.53. The van der Waals surface area contributed by atoms with Gasteiger partial charge in [0, 0.05) is 0 Å². The Morgan fingerprint density at radius 1 is 0.923 bits per heavy atom. The number of halogens is 4. The molecule has 13 heavy (non-hydrogen) atoms. The summed E-state index contributed by atoms with van der Waals surface area (Å²) in [5.41, 5.74) is -2.33. The highest BCUT2D eigenvalue weighted by molar-refractivity contribution is 7.84. The fourth-order valence-corrected chi connectivity index (χ4v) is 1.71. The zero-order valence-corrected chi connectivity index (χ0v) is 8.17. The van der Waals surface area contributed by atoms with Crippen molar-refractivity contribution in [3.05, 3.63) is 0 Å². The Balaban J connectivity index is 5.29. The van der Waals surface area contributed by atoms with Crippen LogP contribution in [0.1, 0.15) is 13.8 Å². The van der Waals surface area contributed by atoms with Crippen molar-refractivity contribution in [1.29, 1.82) is 0 Å². The highest BCUT2D eigenvalue weighted by atomic mass is 32.3. The fraction of sp³-hybridized carbons (Fsp3) is 1.00. The van der Waals surface area contributed by atoms with Crippen molar-refractivity contribution in [3.8, 4) is 0 Å². The largest absolute Gasteiger partial charge is 0.369 e. The molecule has 0 amide bonds. The third-order valence-corrected chi connectivity index (χ3v) is 1.98. The van der Waals surface area contributed by atoms with Crippen molar-refractivity contribution in [1.82, 2.24) is 0 Å². The topological polar surface area (TPSA) is 58.9 Å². The third kappa shape index (κ3) is 7.96. The van der Waals surface area contributed by atoms with E-state index in [9.17, 15) is 24.0 Å². The van der Waals surface area contributed by atoms with Crippen LogP contribution in [0.3, 0.4) is 0 Å². The van der Waals surface area contributed by atoms with Crippen LogP contribution in [0.2, 0.25) is 0 Å². The van der Waals surface area contributed by atoms with Gasteiger partial charge in [0.1, 0.15) is 0 Å². The number of hydrogen-bond donors (Lipinski definition) is 0. The lowest BCUT2D eigenvalue weighted by Gasteiger charge is -2.09. The second-order valence-corrected chi connectivity index (χ2v) is 4.42. The van der Waals surface area contributed by atoms with Crippen LogP contribution in [0.25, 0.3) is 0 Å². The van der Waals surface area contributed by atoms with Gasteiger partial charge < -0.3 is 0 Å². The van der Waals surface area contributed by atoms with E-state index < -0.39 is 26.7 Å². The quantitative estimate of drug-likeness (QED) is 0.550. The Hall–Kier alpha value is -0.380. The minimum Gasteiger partial charge on any atom is -0.180 e. The molecular formula is C3H6F4N2O2S2. The molecule has 0 atom stereocenters. The lowest BCUT2D eigenvalue weighted by atomic mass is 10.3. The normalized spacial score (nSPS) is 14.0. The Morgan fingerprint density at radius 3 is 1.31 bits per heavy atom. The van der Waals surface area contributed by atoms with Crippen molar-refractivity contribution >= 4 is 21.0 Å². The van der Waals surface area contributed by atoms with Crippen LogP contribution in [-0.2, 0) is 21.0 Å². The summed E-state index contributed by atoms with van der Waals surface area (Å²) in [4.78, 5) is 0. The van der Waals surface area contributed by atoms with Gasteiger partial charge in [-0.15, -0.1) is 0 Å². The van der Waals surface area contributed by atoms with E-state index >= 15 is 0 Å². The predicted molar refractivity (Wildman–Crippen MR) is 39.7 cm³/mol. The Labute approximate surface area is 73.9 Å². The molecule has 0 saturated heterocycles. The van der Waals surface area contributed by atoms with Crippen molar-refractivity contribution < 1.29 is 24.0 Å². The molecule has 0 spiro atoms. The summed E-state index contributed by atoms with van der Waals surface area (Å²) in [6.07, 6.45) is 0. The lowest BCUT2D eigenvalue weighted by Crippen LogP contribution is -2.15. The van der Waals surface area contributed by atoms with Gasteiger partial charge in [-0.3, -0.25) is 0 Å².